The summed E-state index contributed by atoms with van der Waals surface area (Å²) in [5.41, 5.74) is 3.88. The number of benzene rings is 1. The molecule has 142 valence electrons. The van der Waals surface area contributed by atoms with Crippen molar-refractivity contribution in [2.45, 2.75) is 39.5 Å². The second-order valence-electron chi connectivity index (χ2n) is 7.12. The third-order valence-corrected chi connectivity index (χ3v) is 4.81. The van der Waals surface area contributed by atoms with E-state index in [1.807, 2.05) is 0 Å². The van der Waals surface area contributed by atoms with E-state index in [4.69, 9.17) is 4.74 Å². The molecule has 5 nitrogen and oxygen atoms in total. The number of ether oxygens (including phenoxy) is 1. The summed E-state index contributed by atoms with van der Waals surface area (Å²) < 4.78 is 5.67. The molecule has 1 saturated carbocycles. The average molecular weight is 357 g/mol. The van der Waals surface area contributed by atoms with Crippen molar-refractivity contribution >= 4 is 16.9 Å². The number of aromatic nitrogens is 1. The van der Waals surface area contributed by atoms with Crippen molar-refractivity contribution in [1.29, 1.82) is 0 Å². The minimum Gasteiger partial charge on any atom is -0.381 e. The summed E-state index contributed by atoms with van der Waals surface area (Å²) in [4.78, 5) is 8.05. The van der Waals surface area contributed by atoms with Crippen molar-refractivity contribution in [3.8, 4) is 0 Å². The average Bonchev–Trinajstić information content (AvgIpc) is 3.37. The minimum atomic E-state index is 0.798. The van der Waals surface area contributed by atoms with Gasteiger partial charge in [0, 0.05) is 49.9 Å². The van der Waals surface area contributed by atoms with Gasteiger partial charge in [-0.25, -0.2) is 0 Å². The Morgan fingerprint density at radius 2 is 2.19 bits per heavy atom. The van der Waals surface area contributed by atoms with Gasteiger partial charge in [0.05, 0.1) is 0 Å². The fourth-order valence-electron chi connectivity index (χ4n) is 3.12. The Morgan fingerprint density at radius 1 is 1.31 bits per heavy atom. The molecule has 3 rings (SSSR count). The number of fused-ring (bicyclic) bond motifs is 1. The van der Waals surface area contributed by atoms with Crippen LogP contribution in [0.5, 0.6) is 0 Å². The first-order chi connectivity index (χ1) is 12.8. The zero-order valence-corrected chi connectivity index (χ0v) is 16.1. The SMILES string of the molecule is CCNC(=NCCCOCC1CC1)NCCc1c[nH]c2c(C)cccc12. The van der Waals surface area contributed by atoms with Crippen LogP contribution in [-0.4, -0.2) is 43.8 Å². The van der Waals surface area contributed by atoms with Crippen molar-refractivity contribution < 1.29 is 4.74 Å². The molecule has 2 aromatic rings. The first-order valence-corrected chi connectivity index (χ1v) is 9.93. The van der Waals surface area contributed by atoms with Crippen LogP contribution in [0.3, 0.4) is 0 Å². The highest BCUT2D eigenvalue weighted by Gasteiger charge is 2.20. The molecule has 0 atom stereocenters. The molecular weight excluding hydrogens is 324 g/mol. The predicted molar refractivity (Wildman–Crippen MR) is 109 cm³/mol. The van der Waals surface area contributed by atoms with Gasteiger partial charge < -0.3 is 20.4 Å². The van der Waals surface area contributed by atoms with E-state index >= 15 is 0 Å². The smallest absolute Gasteiger partial charge is 0.191 e. The topological polar surface area (TPSA) is 61.4 Å². The van der Waals surface area contributed by atoms with E-state index in [0.29, 0.717) is 0 Å². The van der Waals surface area contributed by atoms with Crippen molar-refractivity contribution in [3.63, 3.8) is 0 Å². The lowest BCUT2D eigenvalue weighted by atomic mass is 10.1. The second kappa shape index (κ2) is 9.62. The van der Waals surface area contributed by atoms with Gasteiger partial charge in [-0.2, -0.15) is 0 Å². The molecule has 0 spiro atoms. The van der Waals surface area contributed by atoms with E-state index in [1.165, 1.54) is 34.9 Å². The molecule has 1 aliphatic rings. The van der Waals surface area contributed by atoms with E-state index in [0.717, 1.165) is 57.6 Å². The highest BCUT2D eigenvalue weighted by atomic mass is 16.5. The molecular formula is C21H32N4O. The third-order valence-electron chi connectivity index (χ3n) is 4.81. The van der Waals surface area contributed by atoms with Gasteiger partial charge in [-0.3, -0.25) is 4.99 Å². The molecule has 0 aliphatic heterocycles. The van der Waals surface area contributed by atoms with Crippen molar-refractivity contribution in [2.75, 3.05) is 32.8 Å². The molecule has 0 radical (unpaired) electrons. The molecule has 1 aromatic heterocycles. The van der Waals surface area contributed by atoms with Crippen molar-refractivity contribution in [3.05, 3.63) is 35.5 Å². The third kappa shape index (κ3) is 5.49. The maximum atomic E-state index is 5.67. The standard InChI is InChI=1S/C21H32N4O/c1-3-22-21(23-11-5-13-26-15-17-8-9-17)24-12-10-18-14-25-20-16(2)6-4-7-19(18)20/h4,6-7,14,17,25H,3,5,8-13,15H2,1-2H3,(H2,22,23,24). The number of hydrogen-bond donors (Lipinski definition) is 3. The van der Waals surface area contributed by atoms with Crippen LogP contribution < -0.4 is 10.6 Å². The number of aliphatic imine (C=N–C) groups is 1. The van der Waals surface area contributed by atoms with Gasteiger partial charge in [0.15, 0.2) is 5.96 Å². The lowest BCUT2D eigenvalue weighted by Gasteiger charge is -2.11. The number of rotatable bonds is 10. The van der Waals surface area contributed by atoms with Gasteiger partial charge in [-0.1, -0.05) is 18.2 Å². The van der Waals surface area contributed by atoms with Crippen molar-refractivity contribution in [2.24, 2.45) is 10.9 Å². The molecule has 1 aliphatic carbocycles. The van der Waals surface area contributed by atoms with E-state index in [-0.39, 0.29) is 0 Å². The Kier molecular flexibility index (Phi) is 6.95. The van der Waals surface area contributed by atoms with Gasteiger partial charge in [0.25, 0.3) is 0 Å². The number of aromatic amines is 1. The van der Waals surface area contributed by atoms with Crippen LogP contribution in [0.15, 0.2) is 29.4 Å². The summed E-state index contributed by atoms with van der Waals surface area (Å²) in [6.45, 7) is 8.53. The van der Waals surface area contributed by atoms with Crippen LogP contribution in [0.2, 0.25) is 0 Å². The quantitative estimate of drug-likeness (QED) is 0.347. The molecule has 0 saturated heterocycles. The number of hydrogen-bond acceptors (Lipinski definition) is 2. The van der Waals surface area contributed by atoms with Crippen LogP contribution in [-0.2, 0) is 11.2 Å². The van der Waals surface area contributed by atoms with Crippen LogP contribution in [0.4, 0.5) is 0 Å². The predicted octanol–water partition coefficient (Wildman–Crippen LogP) is 3.39. The lowest BCUT2D eigenvalue weighted by molar-refractivity contribution is 0.123. The zero-order chi connectivity index (χ0) is 18.2. The van der Waals surface area contributed by atoms with Gasteiger partial charge in [-0.05, 0) is 56.6 Å². The Labute approximate surface area is 156 Å². The van der Waals surface area contributed by atoms with E-state index in [1.54, 1.807) is 0 Å². The summed E-state index contributed by atoms with van der Waals surface area (Å²) >= 11 is 0. The van der Waals surface area contributed by atoms with Gasteiger partial charge >= 0.3 is 0 Å². The Bertz CT molecular complexity index is 718. The fraction of sp³-hybridized carbons (Fsp3) is 0.571. The van der Waals surface area contributed by atoms with Crippen LogP contribution >= 0.6 is 0 Å². The number of nitrogens with zero attached hydrogens (tertiary/aromatic N) is 1. The van der Waals surface area contributed by atoms with Crippen LogP contribution in [0.25, 0.3) is 10.9 Å². The Hall–Kier alpha value is -2.01. The number of nitrogens with one attached hydrogen (secondary N) is 3. The summed E-state index contributed by atoms with van der Waals surface area (Å²) in [5, 5.41) is 8.08. The molecule has 1 fully saturated rings. The molecule has 0 bridgehead atoms. The summed E-state index contributed by atoms with van der Waals surface area (Å²) in [6.07, 6.45) is 6.77. The number of H-pyrrole nitrogens is 1. The first-order valence-electron chi connectivity index (χ1n) is 9.93. The number of para-hydroxylation sites is 1. The molecule has 1 aromatic carbocycles. The monoisotopic (exact) mass is 356 g/mol. The van der Waals surface area contributed by atoms with Gasteiger partial charge in [0.2, 0.25) is 0 Å². The molecule has 3 N–H and O–H groups in total. The highest BCUT2D eigenvalue weighted by molar-refractivity contribution is 5.86. The second-order valence-corrected chi connectivity index (χ2v) is 7.12. The zero-order valence-electron chi connectivity index (χ0n) is 16.1. The van der Waals surface area contributed by atoms with E-state index < -0.39 is 0 Å². The van der Waals surface area contributed by atoms with E-state index in [2.05, 4.69) is 58.9 Å². The maximum absolute atomic E-state index is 5.67. The maximum Gasteiger partial charge on any atom is 0.191 e. The minimum absolute atomic E-state index is 0.798. The molecule has 26 heavy (non-hydrogen) atoms. The van der Waals surface area contributed by atoms with E-state index in [9.17, 15) is 0 Å². The molecule has 0 unspecified atom stereocenters. The normalized spacial score (nSPS) is 14.8. The van der Waals surface area contributed by atoms with Gasteiger partial charge in [-0.15, -0.1) is 0 Å². The Balaban J connectivity index is 1.42. The lowest BCUT2D eigenvalue weighted by Crippen LogP contribution is -2.38. The fourth-order valence-corrected chi connectivity index (χ4v) is 3.12. The Morgan fingerprint density at radius 3 is 3.00 bits per heavy atom. The molecule has 1 heterocycles. The largest absolute Gasteiger partial charge is 0.381 e. The number of aryl methyl sites for hydroxylation is 1. The summed E-state index contributed by atoms with van der Waals surface area (Å²) in [6, 6.07) is 6.46. The summed E-state index contributed by atoms with van der Waals surface area (Å²) in [7, 11) is 0. The van der Waals surface area contributed by atoms with Crippen LogP contribution in [0, 0.1) is 12.8 Å². The first kappa shape index (κ1) is 18.8. The van der Waals surface area contributed by atoms with Gasteiger partial charge in [0.1, 0.15) is 0 Å². The summed E-state index contributed by atoms with van der Waals surface area (Å²) in [5.74, 6) is 1.73. The van der Waals surface area contributed by atoms with Crippen LogP contribution in [0.1, 0.15) is 37.3 Å². The molecule has 5 heteroatoms. The highest BCUT2D eigenvalue weighted by Crippen LogP contribution is 2.28. The number of guanidine groups is 1. The van der Waals surface area contributed by atoms with Crippen molar-refractivity contribution in [1.82, 2.24) is 15.6 Å². The molecule has 0 amide bonds.